The van der Waals surface area contributed by atoms with Crippen LogP contribution in [0.25, 0.3) is 0 Å². The lowest BCUT2D eigenvalue weighted by Crippen LogP contribution is -2.16. The first kappa shape index (κ1) is 15.5. The van der Waals surface area contributed by atoms with E-state index in [-0.39, 0.29) is 10.2 Å². The fourth-order valence-corrected chi connectivity index (χ4v) is 2.13. The summed E-state index contributed by atoms with van der Waals surface area (Å²) in [5.74, 6) is -6.35. The lowest BCUT2D eigenvalue weighted by molar-refractivity contribution is 0.102. The average Bonchev–Trinajstić information content (AvgIpc) is 2.42. The van der Waals surface area contributed by atoms with Crippen molar-refractivity contribution in [2.45, 2.75) is 6.92 Å². The fraction of sp³-hybridized carbons (Fsp3) is 0.0714. The Bertz CT molecular complexity index is 733. The minimum absolute atomic E-state index is 0.102. The van der Waals surface area contributed by atoms with Gasteiger partial charge in [0.2, 0.25) is 0 Å². The fourth-order valence-electron chi connectivity index (χ4n) is 1.67. The molecule has 1 N–H and O–H groups in total. The highest BCUT2D eigenvalue weighted by atomic mass is 79.9. The van der Waals surface area contributed by atoms with Gasteiger partial charge in [-0.3, -0.25) is 4.79 Å². The summed E-state index contributed by atoms with van der Waals surface area (Å²) in [6.07, 6.45) is 0. The number of carbonyl (C=O) groups excluding carboxylic acids is 1. The van der Waals surface area contributed by atoms with Crippen LogP contribution in [0.2, 0.25) is 0 Å². The molecule has 0 aromatic heterocycles. The number of rotatable bonds is 2. The monoisotopic (exact) mass is 361 g/mol. The van der Waals surface area contributed by atoms with E-state index in [0.717, 1.165) is 12.1 Å². The van der Waals surface area contributed by atoms with Crippen molar-refractivity contribution in [3.05, 3.63) is 63.1 Å². The molecule has 0 atom stereocenters. The van der Waals surface area contributed by atoms with Crippen molar-refractivity contribution in [3.63, 3.8) is 0 Å². The SMILES string of the molecule is Cc1cc(Br)c(F)cc1NC(=O)c1ccc(F)c(F)c1F. The van der Waals surface area contributed by atoms with Crippen LogP contribution < -0.4 is 5.32 Å². The molecule has 2 aromatic rings. The Morgan fingerprint density at radius 3 is 2.38 bits per heavy atom. The van der Waals surface area contributed by atoms with E-state index in [9.17, 15) is 22.4 Å². The summed E-state index contributed by atoms with van der Waals surface area (Å²) in [6.45, 7) is 1.60. The number of benzene rings is 2. The quantitative estimate of drug-likeness (QED) is 0.616. The van der Waals surface area contributed by atoms with E-state index in [1.807, 2.05) is 0 Å². The highest BCUT2D eigenvalue weighted by Gasteiger charge is 2.19. The van der Waals surface area contributed by atoms with Gasteiger partial charge in [-0.15, -0.1) is 0 Å². The standard InChI is InChI=1S/C14H8BrF4NO/c1-6-4-8(15)10(17)5-11(6)20-14(21)7-2-3-9(16)13(19)12(7)18/h2-5H,1H3,(H,20,21). The number of hydrogen-bond donors (Lipinski definition) is 1. The molecule has 1 amide bonds. The Balaban J connectivity index is 2.35. The lowest BCUT2D eigenvalue weighted by atomic mass is 10.1. The summed E-state index contributed by atoms with van der Waals surface area (Å²) < 4.78 is 53.0. The van der Waals surface area contributed by atoms with Crippen molar-refractivity contribution in [1.82, 2.24) is 0 Å². The Labute approximate surface area is 125 Å². The van der Waals surface area contributed by atoms with E-state index >= 15 is 0 Å². The van der Waals surface area contributed by atoms with Gasteiger partial charge >= 0.3 is 0 Å². The third-order valence-electron chi connectivity index (χ3n) is 2.80. The summed E-state index contributed by atoms with van der Waals surface area (Å²) in [5, 5.41) is 2.25. The predicted octanol–water partition coefficient (Wildman–Crippen LogP) is 4.57. The zero-order chi connectivity index (χ0) is 15.7. The molecule has 0 aliphatic heterocycles. The van der Waals surface area contributed by atoms with Gasteiger partial charge in [-0.25, -0.2) is 17.6 Å². The maximum atomic E-state index is 13.5. The summed E-state index contributed by atoms with van der Waals surface area (Å²) >= 11 is 2.98. The summed E-state index contributed by atoms with van der Waals surface area (Å²) in [5.41, 5.74) is -0.0546. The Morgan fingerprint density at radius 1 is 1.05 bits per heavy atom. The maximum Gasteiger partial charge on any atom is 0.258 e. The predicted molar refractivity (Wildman–Crippen MR) is 73.1 cm³/mol. The van der Waals surface area contributed by atoms with E-state index in [1.165, 1.54) is 6.07 Å². The number of carbonyl (C=O) groups is 1. The van der Waals surface area contributed by atoms with Crippen molar-refractivity contribution < 1.29 is 22.4 Å². The van der Waals surface area contributed by atoms with Crippen molar-refractivity contribution >= 4 is 27.5 Å². The minimum Gasteiger partial charge on any atom is -0.322 e. The molecule has 0 saturated heterocycles. The van der Waals surface area contributed by atoms with Crippen LogP contribution in [-0.2, 0) is 0 Å². The second kappa shape index (κ2) is 5.85. The molecule has 110 valence electrons. The molecular formula is C14H8BrF4NO. The topological polar surface area (TPSA) is 29.1 Å². The van der Waals surface area contributed by atoms with Gasteiger partial charge < -0.3 is 5.32 Å². The highest BCUT2D eigenvalue weighted by molar-refractivity contribution is 9.10. The van der Waals surface area contributed by atoms with Crippen LogP contribution in [0.3, 0.4) is 0 Å². The maximum absolute atomic E-state index is 13.5. The second-order valence-corrected chi connectivity index (χ2v) is 5.11. The van der Waals surface area contributed by atoms with Crippen LogP contribution in [0.4, 0.5) is 23.2 Å². The summed E-state index contributed by atoms with van der Waals surface area (Å²) in [6, 6.07) is 3.91. The van der Waals surface area contributed by atoms with Crippen LogP contribution in [0.1, 0.15) is 15.9 Å². The Kier molecular flexibility index (Phi) is 4.32. The smallest absolute Gasteiger partial charge is 0.258 e. The van der Waals surface area contributed by atoms with Gasteiger partial charge in [-0.1, -0.05) is 0 Å². The molecule has 0 saturated carbocycles. The molecule has 0 heterocycles. The van der Waals surface area contributed by atoms with Crippen molar-refractivity contribution in [2.75, 3.05) is 5.32 Å². The zero-order valence-electron chi connectivity index (χ0n) is 10.6. The summed E-state index contributed by atoms with van der Waals surface area (Å²) in [7, 11) is 0. The molecule has 0 aliphatic rings. The minimum atomic E-state index is -1.73. The molecule has 7 heteroatoms. The third kappa shape index (κ3) is 3.07. The van der Waals surface area contributed by atoms with Gasteiger partial charge in [0.1, 0.15) is 5.82 Å². The normalized spacial score (nSPS) is 10.6. The first-order valence-electron chi connectivity index (χ1n) is 5.71. The van der Waals surface area contributed by atoms with Crippen molar-refractivity contribution in [3.8, 4) is 0 Å². The Morgan fingerprint density at radius 2 is 1.71 bits per heavy atom. The molecular weight excluding hydrogens is 354 g/mol. The van der Waals surface area contributed by atoms with E-state index in [4.69, 9.17) is 0 Å². The molecule has 0 radical (unpaired) electrons. The molecule has 0 fully saturated rings. The number of nitrogens with one attached hydrogen (secondary N) is 1. The van der Waals surface area contributed by atoms with Gasteiger partial charge in [0, 0.05) is 5.69 Å². The van der Waals surface area contributed by atoms with Crippen LogP contribution in [0.5, 0.6) is 0 Å². The van der Waals surface area contributed by atoms with E-state index in [0.29, 0.717) is 11.6 Å². The van der Waals surface area contributed by atoms with E-state index in [1.54, 1.807) is 6.92 Å². The molecule has 0 aliphatic carbocycles. The first-order chi connectivity index (χ1) is 9.81. The largest absolute Gasteiger partial charge is 0.322 e. The van der Waals surface area contributed by atoms with Crippen LogP contribution in [0.15, 0.2) is 28.7 Å². The van der Waals surface area contributed by atoms with Crippen LogP contribution in [-0.4, -0.2) is 5.91 Å². The molecule has 2 aromatic carbocycles. The van der Waals surface area contributed by atoms with Crippen molar-refractivity contribution in [2.24, 2.45) is 0 Å². The third-order valence-corrected chi connectivity index (χ3v) is 3.40. The van der Waals surface area contributed by atoms with Gasteiger partial charge in [0.15, 0.2) is 17.5 Å². The van der Waals surface area contributed by atoms with Crippen LogP contribution >= 0.6 is 15.9 Å². The van der Waals surface area contributed by atoms with Crippen molar-refractivity contribution in [1.29, 1.82) is 0 Å². The molecule has 0 bridgehead atoms. The highest BCUT2D eigenvalue weighted by Crippen LogP contribution is 2.25. The molecule has 2 rings (SSSR count). The number of amides is 1. The number of anilines is 1. The number of aryl methyl sites for hydroxylation is 1. The Hall–Kier alpha value is -1.89. The second-order valence-electron chi connectivity index (χ2n) is 4.26. The van der Waals surface area contributed by atoms with Gasteiger partial charge in [-0.05, 0) is 52.7 Å². The molecule has 0 unspecified atom stereocenters. The van der Waals surface area contributed by atoms with Gasteiger partial charge in [0.25, 0.3) is 5.91 Å². The first-order valence-corrected chi connectivity index (χ1v) is 6.51. The van der Waals surface area contributed by atoms with Gasteiger partial charge in [0.05, 0.1) is 10.0 Å². The molecule has 0 spiro atoms. The van der Waals surface area contributed by atoms with E-state index < -0.39 is 34.7 Å². The van der Waals surface area contributed by atoms with E-state index in [2.05, 4.69) is 21.2 Å². The lowest BCUT2D eigenvalue weighted by Gasteiger charge is -2.10. The zero-order valence-corrected chi connectivity index (χ0v) is 12.2. The van der Waals surface area contributed by atoms with Gasteiger partial charge in [-0.2, -0.15) is 0 Å². The van der Waals surface area contributed by atoms with Crippen LogP contribution in [0, 0.1) is 30.2 Å². The summed E-state index contributed by atoms with van der Waals surface area (Å²) in [4.78, 5) is 11.9. The number of hydrogen-bond acceptors (Lipinski definition) is 1. The average molecular weight is 362 g/mol. The molecule has 2 nitrogen and oxygen atoms in total. The molecule has 21 heavy (non-hydrogen) atoms. The number of halogens is 5.